The first-order valence-corrected chi connectivity index (χ1v) is 14.0. The van der Waals surface area contributed by atoms with E-state index < -0.39 is 21.2 Å². The van der Waals surface area contributed by atoms with Crippen LogP contribution in [0.2, 0.25) is 0 Å². The number of rotatable bonds is 11. The first-order chi connectivity index (χ1) is 18.0. The SMILES string of the molecule is CCC(C(=O)O)S(=O)(=O)N(C/C=C/c1cccc(C(=N)N)c1)c1ccc(OC2CCN(C(C)=N)CC2)cc1. The van der Waals surface area contributed by atoms with Gasteiger partial charge in [-0.2, -0.15) is 0 Å². The molecule has 1 aliphatic rings. The lowest BCUT2D eigenvalue weighted by molar-refractivity contribution is -0.136. The predicted octanol–water partition coefficient (Wildman–Crippen LogP) is 3.52. The summed E-state index contributed by atoms with van der Waals surface area (Å²) in [5, 5.41) is 23.3. The highest BCUT2D eigenvalue weighted by Gasteiger charge is 2.36. The fourth-order valence-corrected chi connectivity index (χ4v) is 6.00. The second-order valence-corrected chi connectivity index (χ2v) is 11.2. The standard InChI is InChI=1S/C27H35N5O5S/c1-3-25(27(33)34)38(35,36)32(15-5-7-20-6-4-8-21(18-20)26(29)30)22-9-11-23(12-10-22)37-24-13-16-31(17-14-24)19(2)28/h4-12,18,24-25,28H,3,13-17H2,1-2H3,(H3,29,30)(H,33,34)/b7-5+,28-19?. The summed E-state index contributed by atoms with van der Waals surface area (Å²) in [6.07, 6.45) is 4.83. The summed E-state index contributed by atoms with van der Waals surface area (Å²) in [5.74, 6) is -0.337. The van der Waals surface area contributed by atoms with Gasteiger partial charge in [0.05, 0.1) is 18.1 Å². The number of nitrogen functional groups attached to an aromatic ring is 1. The number of nitrogens with two attached hydrogens (primary N) is 1. The van der Waals surface area contributed by atoms with Crippen LogP contribution in [0.5, 0.6) is 5.75 Å². The number of likely N-dealkylation sites (tertiary alicyclic amines) is 1. The highest BCUT2D eigenvalue weighted by Crippen LogP contribution is 2.27. The van der Waals surface area contributed by atoms with Crippen LogP contribution < -0.4 is 14.8 Å². The molecule has 5 N–H and O–H groups in total. The van der Waals surface area contributed by atoms with Gasteiger partial charge in [-0.05, 0) is 49.2 Å². The fourth-order valence-electron chi connectivity index (χ4n) is 4.31. The number of nitrogens with zero attached hydrogens (tertiary/aromatic N) is 2. The van der Waals surface area contributed by atoms with Gasteiger partial charge in [0, 0.05) is 31.5 Å². The number of benzene rings is 2. The molecule has 3 rings (SSSR count). The molecular formula is C27H35N5O5S. The molecule has 2 aromatic carbocycles. The van der Waals surface area contributed by atoms with Crippen LogP contribution in [0.15, 0.2) is 54.6 Å². The molecule has 1 saturated heterocycles. The van der Waals surface area contributed by atoms with Gasteiger partial charge in [0.15, 0.2) is 5.25 Å². The molecule has 0 aliphatic carbocycles. The molecule has 0 radical (unpaired) electrons. The van der Waals surface area contributed by atoms with Crippen molar-refractivity contribution in [1.82, 2.24) is 4.90 Å². The Morgan fingerprint density at radius 1 is 1.21 bits per heavy atom. The number of hydrogen-bond donors (Lipinski definition) is 4. The van der Waals surface area contributed by atoms with Gasteiger partial charge in [0.25, 0.3) is 0 Å². The lowest BCUT2D eigenvalue weighted by Gasteiger charge is -2.33. The number of sulfonamides is 1. The molecule has 1 aliphatic heterocycles. The Kier molecular flexibility index (Phi) is 9.51. The van der Waals surface area contributed by atoms with Crippen LogP contribution in [0, 0.1) is 10.8 Å². The summed E-state index contributed by atoms with van der Waals surface area (Å²) in [4.78, 5) is 13.8. The van der Waals surface area contributed by atoms with E-state index in [0.29, 0.717) is 22.8 Å². The average molecular weight is 542 g/mol. The van der Waals surface area contributed by atoms with Crippen molar-refractivity contribution in [2.75, 3.05) is 23.9 Å². The lowest BCUT2D eigenvalue weighted by atomic mass is 10.1. The smallest absolute Gasteiger partial charge is 0.323 e. The number of aliphatic carboxylic acids is 1. The van der Waals surface area contributed by atoms with E-state index in [1.807, 2.05) is 4.90 Å². The van der Waals surface area contributed by atoms with Gasteiger partial charge in [-0.1, -0.05) is 37.3 Å². The number of anilines is 1. The topological polar surface area (TPSA) is 161 Å². The van der Waals surface area contributed by atoms with E-state index in [1.165, 1.54) is 6.92 Å². The first-order valence-electron chi connectivity index (χ1n) is 12.4. The minimum Gasteiger partial charge on any atom is -0.490 e. The minimum absolute atomic E-state index is 0.00136. The molecule has 38 heavy (non-hydrogen) atoms. The third-order valence-electron chi connectivity index (χ3n) is 6.44. The number of carbonyl (C=O) groups is 1. The lowest BCUT2D eigenvalue weighted by Crippen LogP contribution is -2.42. The minimum atomic E-state index is -4.23. The molecule has 1 fully saturated rings. The van der Waals surface area contributed by atoms with E-state index in [9.17, 15) is 18.3 Å². The number of nitrogens with one attached hydrogen (secondary N) is 2. The number of ether oxygens (including phenoxy) is 1. The van der Waals surface area contributed by atoms with Crippen LogP contribution in [-0.4, -0.2) is 67.1 Å². The van der Waals surface area contributed by atoms with Gasteiger partial charge in [0.2, 0.25) is 10.0 Å². The highest BCUT2D eigenvalue weighted by atomic mass is 32.2. The summed E-state index contributed by atoms with van der Waals surface area (Å²) in [6.45, 7) is 4.71. The average Bonchev–Trinajstić information content (AvgIpc) is 2.87. The Bertz CT molecular complexity index is 1290. The first kappa shape index (κ1) is 28.7. The van der Waals surface area contributed by atoms with Gasteiger partial charge < -0.3 is 20.5 Å². The summed E-state index contributed by atoms with van der Waals surface area (Å²) in [7, 11) is -4.23. The largest absolute Gasteiger partial charge is 0.490 e. The van der Waals surface area contributed by atoms with E-state index in [2.05, 4.69) is 0 Å². The number of carboxylic acid groups (broad SMARTS) is 1. The molecule has 0 bridgehead atoms. The molecule has 0 aromatic heterocycles. The van der Waals surface area contributed by atoms with Crippen LogP contribution in [0.3, 0.4) is 0 Å². The number of piperidine rings is 1. The predicted molar refractivity (Wildman–Crippen MR) is 150 cm³/mol. The fraction of sp³-hybridized carbons (Fsp3) is 0.370. The summed E-state index contributed by atoms with van der Waals surface area (Å²) >= 11 is 0. The Morgan fingerprint density at radius 3 is 2.42 bits per heavy atom. The zero-order valence-electron chi connectivity index (χ0n) is 21.6. The Hall–Kier alpha value is -3.86. The van der Waals surface area contributed by atoms with Crippen molar-refractivity contribution in [3.63, 3.8) is 0 Å². The molecule has 1 atom stereocenters. The molecule has 11 heteroatoms. The quantitative estimate of drug-likeness (QED) is 0.250. The molecule has 1 unspecified atom stereocenters. The van der Waals surface area contributed by atoms with Crippen molar-refractivity contribution in [3.05, 3.63) is 65.7 Å². The van der Waals surface area contributed by atoms with E-state index in [-0.39, 0.29) is 24.9 Å². The second-order valence-electron chi connectivity index (χ2n) is 9.14. The van der Waals surface area contributed by atoms with Crippen LogP contribution in [0.1, 0.15) is 44.2 Å². The monoisotopic (exact) mass is 541 g/mol. The summed E-state index contributed by atoms with van der Waals surface area (Å²) < 4.78 is 34.0. The van der Waals surface area contributed by atoms with Crippen molar-refractivity contribution < 1.29 is 23.1 Å². The zero-order chi connectivity index (χ0) is 27.9. The van der Waals surface area contributed by atoms with Crippen molar-refractivity contribution >= 4 is 39.4 Å². The highest BCUT2D eigenvalue weighted by molar-refractivity contribution is 7.94. The molecule has 2 aromatic rings. The Balaban J connectivity index is 1.81. The van der Waals surface area contributed by atoms with E-state index in [4.69, 9.17) is 21.3 Å². The van der Waals surface area contributed by atoms with Crippen molar-refractivity contribution in [3.8, 4) is 5.75 Å². The number of hydrogen-bond acceptors (Lipinski definition) is 6. The van der Waals surface area contributed by atoms with Crippen LogP contribution in [-0.2, 0) is 14.8 Å². The van der Waals surface area contributed by atoms with E-state index >= 15 is 0 Å². The van der Waals surface area contributed by atoms with Gasteiger partial charge in [-0.3, -0.25) is 19.9 Å². The van der Waals surface area contributed by atoms with Gasteiger partial charge in [0.1, 0.15) is 17.7 Å². The maximum absolute atomic E-state index is 13.4. The summed E-state index contributed by atoms with van der Waals surface area (Å²) in [5.41, 5.74) is 7.16. The Morgan fingerprint density at radius 2 is 1.87 bits per heavy atom. The number of carboxylic acids is 1. The third-order valence-corrected chi connectivity index (χ3v) is 8.66. The zero-order valence-corrected chi connectivity index (χ0v) is 22.4. The molecule has 10 nitrogen and oxygen atoms in total. The van der Waals surface area contributed by atoms with Crippen LogP contribution in [0.25, 0.3) is 6.08 Å². The molecule has 0 amide bonds. The summed E-state index contributed by atoms with van der Waals surface area (Å²) in [6, 6.07) is 13.6. The van der Waals surface area contributed by atoms with E-state index in [0.717, 1.165) is 35.8 Å². The van der Waals surface area contributed by atoms with E-state index in [1.54, 1.807) is 67.6 Å². The second kappa shape index (κ2) is 12.6. The molecule has 1 heterocycles. The number of amidine groups is 2. The third kappa shape index (κ3) is 7.12. The molecule has 204 valence electrons. The maximum atomic E-state index is 13.4. The van der Waals surface area contributed by atoms with Crippen LogP contribution in [0.4, 0.5) is 5.69 Å². The van der Waals surface area contributed by atoms with Crippen molar-refractivity contribution in [2.45, 2.75) is 44.5 Å². The van der Waals surface area contributed by atoms with Gasteiger partial charge in [-0.15, -0.1) is 0 Å². The molecular weight excluding hydrogens is 506 g/mol. The van der Waals surface area contributed by atoms with Gasteiger partial charge in [-0.25, -0.2) is 8.42 Å². The Labute approximate surface area is 223 Å². The van der Waals surface area contributed by atoms with Crippen molar-refractivity contribution in [2.24, 2.45) is 5.73 Å². The normalized spacial score (nSPS) is 15.3. The molecule has 0 spiro atoms. The van der Waals surface area contributed by atoms with Crippen LogP contribution >= 0.6 is 0 Å². The van der Waals surface area contributed by atoms with Crippen molar-refractivity contribution in [1.29, 1.82) is 10.8 Å². The van der Waals surface area contributed by atoms with Gasteiger partial charge >= 0.3 is 5.97 Å². The maximum Gasteiger partial charge on any atom is 0.323 e. The molecule has 0 saturated carbocycles.